The third kappa shape index (κ3) is 1.73. The summed E-state index contributed by atoms with van der Waals surface area (Å²) in [7, 11) is 0. The number of hydrogen-bond acceptors (Lipinski definition) is 3. The van der Waals surface area contributed by atoms with Gasteiger partial charge in [0, 0.05) is 12.0 Å². The van der Waals surface area contributed by atoms with E-state index in [0.717, 1.165) is 18.5 Å². The molecule has 0 radical (unpaired) electrons. The number of nitrogens with zero attached hydrogens (tertiary/aromatic N) is 1. The van der Waals surface area contributed by atoms with Crippen LogP contribution in [0.2, 0.25) is 0 Å². The topological polar surface area (TPSA) is 52.0 Å². The molecule has 0 aliphatic heterocycles. The molecular formula is C8H14N2O. The Kier molecular flexibility index (Phi) is 2.52. The first-order valence-corrected chi connectivity index (χ1v) is 4.00. The quantitative estimate of drug-likeness (QED) is 0.725. The van der Waals surface area contributed by atoms with Crippen molar-refractivity contribution in [2.45, 2.75) is 32.6 Å². The van der Waals surface area contributed by atoms with Crippen LogP contribution in [0.1, 0.15) is 38.3 Å². The lowest BCUT2D eigenvalue weighted by Gasteiger charge is -2.05. The minimum Gasteiger partial charge on any atom is -0.368 e. The van der Waals surface area contributed by atoms with E-state index >= 15 is 0 Å². The van der Waals surface area contributed by atoms with Crippen molar-refractivity contribution in [3.8, 4) is 0 Å². The van der Waals surface area contributed by atoms with Crippen molar-refractivity contribution < 1.29 is 4.52 Å². The van der Waals surface area contributed by atoms with Crippen LogP contribution in [0.25, 0.3) is 0 Å². The van der Waals surface area contributed by atoms with Crippen LogP contribution in [0.5, 0.6) is 0 Å². The molecule has 1 aromatic heterocycles. The molecule has 0 spiro atoms. The lowest BCUT2D eigenvalue weighted by Crippen LogP contribution is -1.94. The van der Waals surface area contributed by atoms with Crippen LogP contribution in [0, 0.1) is 0 Å². The van der Waals surface area contributed by atoms with Crippen molar-refractivity contribution in [1.82, 2.24) is 5.16 Å². The molecule has 11 heavy (non-hydrogen) atoms. The molecule has 0 fully saturated rings. The summed E-state index contributed by atoms with van der Waals surface area (Å²) in [5.74, 6) is 0.906. The largest absolute Gasteiger partial charge is 0.368 e. The molecule has 3 nitrogen and oxygen atoms in total. The predicted octanol–water partition coefficient (Wildman–Crippen LogP) is 2.16. The fourth-order valence-electron chi connectivity index (χ4n) is 1.20. The van der Waals surface area contributed by atoms with Crippen molar-refractivity contribution >= 4 is 5.88 Å². The van der Waals surface area contributed by atoms with Gasteiger partial charge < -0.3 is 10.3 Å². The SMILES string of the molecule is CCC(CC)c1cc(N)on1. The Labute approximate surface area is 66.6 Å². The fraction of sp³-hybridized carbons (Fsp3) is 0.625. The van der Waals surface area contributed by atoms with Crippen molar-refractivity contribution in [1.29, 1.82) is 0 Å². The van der Waals surface area contributed by atoms with E-state index in [9.17, 15) is 0 Å². The first kappa shape index (κ1) is 8.11. The normalized spacial score (nSPS) is 10.8. The number of nitrogens with two attached hydrogens (primary N) is 1. The van der Waals surface area contributed by atoms with E-state index in [4.69, 9.17) is 10.3 Å². The van der Waals surface area contributed by atoms with Gasteiger partial charge in [-0.2, -0.15) is 0 Å². The molecule has 1 heterocycles. The molecule has 0 aromatic carbocycles. The molecule has 0 unspecified atom stereocenters. The summed E-state index contributed by atoms with van der Waals surface area (Å²) >= 11 is 0. The van der Waals surface area contributed by atoms with Gasteiger partial charge in [0.15, 0.2) is 0 Å². The second-order valence-corrected chi connectivity index (χ2v) is 2.67. The van der Waals surface area contributed by atoms with Gasteiger partial charge in [-0.05, 0) is 12.8 Å². The van der Waals surface area contributed by atoms with Crippen molar-refractivity contribution in [2.75, 3.05) is 5.73 Å². The summed E-state index contributed by atoms with van der Waals surface area (Å²) in [5, 5.41) is 3.86. The van der Waals surface area contributed by atoms with E-state index in [1.54, 1.807) is 6.07 Å². The summed E-state index contributed by atoms with van der Waals surface area (Å²) in [6.45, 7) is 4.28. The van der Waals surface area contributed by atoms with Gasteiger partial charge >= 0.3 is 0 Å². The molecule has 0 saturated heterocycles. The van der Waals surface area contributed by atoms with Gasteiger partial charge in [-0.25, -0.2) is 0 Å². The van der Waals surface area contributed by atoms with Crippen LogP contribution in [-0.4, -0.2) is 5.16 Å². The summed E-state index contributed by atoms with van der Waals surface area (Å²) in [6.07, 6.45) is 2.17. The monoisotopic (exact) mass is 154 g/mol. The molecule has 1 rings (SSSR count). The molecule has 0 amide bonds. The maximum Gasteiger partial charge on any atom is 0.222 e. The maximum atomic E-state index is 5.40. The number of anilines is 1. The highest BCUT2D eigenvalue weighted by atomic mass is 16.5. The van der Waals surface area contributed by atoms with E-state index in [2.05, 4.69) is 19.0 Å². The smallest absolute Gasteiger partial charge is 0.222 e. The Hall–Kier alpha value is -0.990. The standard InChI is InChI=1S/C8H14N2O/c1-3-6(4-2)7-5-8(9)11-10-7/h5-6H,3-4,9H2,1-2H3. The third-order valence-corrected chi connectivity index (χ3v) is 1.95. The van der Waals surface area contributed by atoms with E-state index in [0.29, 0.717) is 11.8 Å². The fourth-order valence-corrected chi connectivity index (χ4v) is 1.20. The van der Waals surface area contributed by atoms with Gasteiger partial charge in [0.25, 0.3) is 0 Å². The summed E-state index contributed by atoms with van der Waals surface area (Å²) in [4.78, 5) is 0. The minimum atomic E-state index is 0.409. The van der Waals surface area contributed by atoms with Crippen LogP contribution in [0.15, 0.2) is 10.6 Å². The molecule has 0 aliphatic carbocycles. The first-order chi connectivity index (χ1) is 5.27. The van der Waals surface area contributed by atoms with Crippen LogP contribution < -0.4 is 5.73 Å². The van der Waals surface area contributed by atoms with Gasteiger partial charge in [0.1, 0.15) is 0 Å². The Balaban J connectivity index is 2.73. The predicted molar refractivity (Wildman–Crippen MR) is 44.2 cm³/mol. The zero-order chi connectivity index (χ0) is 8.27. The van der Waals surface area contributed by atoms with E-state index < -0.39 is 0 Å². The molecule has 0 aliphatic rings. The zero-order valence-corrected chi connectivity index (χ0v) is 7.00. The molecule has 62 valence electrons. The van der Waals surface area contributed by atoms with E-state index in [1.165, 1.54) is 0 Å². The summed E-state index contributed by atoms with van der Waals surface area (Å²) < 4.78 is 4.78. The first-order valence-electron chi connectivity index (χ1n) is 4.00. The number of nitrogen functional groups attached to an aromatic ring is 1. The van der Waals surface area contributed by atoms with Crippen molar-refractivity contribution in [2.24, 2.45) is 0 Å². The van der Waals surface area contributed by atoms with Crippen molar-refractivity contribution in [3.63, 3.8) is 0 Å². The molecule has 3 heteroatoms. The maximum absolute atomic E-state index is 5.40. The highest BCUT2D eigenvalue weighted by Crippen LogP contribution is 2.22. The van der Waals surface area contributed by atoms with Crippen LogP contribution >= 0.6 is 0 Å². The lowest BCUT2D eigenvalue weighted by atomic mass is 10.00. The van der Waals surface area contributed by atoms with E-state index in [-0.39, 0.29) is 0 Å². The van der Waals surface area contributed by atoms with Gasteiger partial charge in [0.2, 0.25) is 5.88 Å². The Morgan fingerprint density at radius 1 is 1.55 bits per heavy atom. The molecule has 0 bridgehead atoms. The molecule has 2 N–H and O–H groups in total. The molecule has 0 atom stereocenters. The lowest BCUT2D eigenvalue weighted by molar-refractivity contribution is 0.416. The van der Waals surface area contributed by atoms with Gasteiger partial charge in [0.05, 0.1) is 5.69 Å². The molecular weight excluding hydrogens is 140 g/mol. The number of hydrogen-bond donors (Lipinski definition) is 1. The molecule has 0 saturated carbocycles. The summed E-state index contributed by atoms with van der Waals surface area (Å²) in [5.41, 5.74) is 6.38. The second-order valence-electron chi connectivity index (χ2n) is 2.67. The highest BCUT2D eigenvalue weighted by Gasteiger charge is 2.10. The zero-order valence-electron chi connectivity index (χ0n) is 7.00. The van der Waals surface area contributed by atoms with Crippen LogP contribution in [0.3, 0.4) is 0 Å². The van der Waals surface area contributed by atoms with Gasteiger partial charge in [-0.3, -0.25) is 0 Å². The average Bonchev–Trinajstić information content (AvgIpc) is 2.39. The Bertz CT molecular complexity index is 216. The highest BCUT2D eigenvalue weighted by molar-refractivity contribution is 5.26. The van der Waals surface area contributed by atoms with Gasteiger partial charge in [-0.15, -0.1) is 0 Å². The van der Waals surface area contributed by atoms with Crippen LogP contribution in [-0.2, 0) is 0 Å². The third-order valence-electron chi connectivity index (χ3n) is 1.95. The number of rotatable bonds is 3. The van der Waals surface area contributed by atoms with E-state index in [1.807, 2.05) is 0 Å². The van der Waals surface area contributed by atoms with Gasteiger partial charge in [-0.1, -0.05) is 19.0 Å². The Morgan fingerprint density at radius 2 is 2.18 bits per heavy atom. The Morgan fingerprint density at radius 3 is 2.55 bits per heavy atom. The second kappa shape index (κ2) is 3.42. The number of aromatic nitrogens is 1. The minimum absolute atomic E-state index is 0.409. The van der Waals surface area contributed by atoms with Crippen molar-refractivity contribution in [3.05, 3.63) is 11.8 Å². The molecule has 1 aromatic rings. The van der Waals surface area contributed by atoms with Crippen LogP contribution in [0.4, 0.5) is 5.88 Å². The average molecular weight is 154 g/mol. The summed E-state index contributed by atoms with van der Waals surface area (Å²) in [6, 6.07) is 1.80.